The molecule has 1 aliphatic heterocycles. The van der Waals surface area contributed by atoms with Crippen LogP contribution in [-0.4, -0.2) is 27.2 Å². The predicted octanol–water partition coefficient (Wildman–Crippen LogP) is 2.15. The summed E-state index contributed by atoms with van der Waals surface area (Å²) in [5.41, 5.74) is 1.76. The van der Waals surface area contributed by atoms with E-state index in [1.54, 1.807) is 12.1 Å². The van der Waals surface area contributed by atoms with Crippen molar-refractivity contribution >= 4 is 22.7 Å². The summed E-state index contributed by atoms with van der Waals surface area (Å²) < 4.78 is 27.3. The maximum Gasteiger partial charge on any atom is 0.259 e. The smallest absolute Gasteiger partial charge is 0.259 e. The summed E-state index contributed by atoms with van der Waals surface area (Å²) >= 11 is -2.15. The van der Waals surface area contributed by atoms with Crippen molar-refractivity contribution in [2.75, 3.05) is 11.8 Å². The Kier molecular flexibility index (Phi) is 3.77. The first kappa shape index (κ1) is 13.8. The minimum atomic E-state index is -2.15. The lowest BCUT2D eigenvalue weighted by Gasteiger charge is -2.14. The third-order valence-electron chi connectivity index (χ3n) is 2.73. The topological polar surface area (TPSA) is 80.2 Å². The number of ether oxygens (including phenoxy) is 1. The van der Waals surface area contributed by atoms with Crippen molar-refractivity contribution in [1.29, 1.82) is 0 Å². The summed E-state index contributed by atoms with van der Waals surface area (Å²) in [5, 5.41) is 4.04. The van der Waals surface area contributed by atoms with E-state index >= 15 is 0 Å². The normalized spacial score (nSPS) is 18.4. The zero-order chi connectivity index (χ0) is 14.0. The van der Waals surface area contributed by atoms with Crippen molar-refractivity contribution in [3.63, 3.8) is 0 Å². The fourth-order valence-electron chi connectivity index (χ4n) is 1.86. The van der Waals surface area contributed by atoms with E-state index in [9.17, 15) is 4.21 Å². The second-order valence-corrected chi connectivity index (χ2v) is 5.53. The van der Waals surface area contributed by atoms with Crippen molar-refractivity contribution in [2.24, 2.45) is 5.16 Å². The summed E-state index contributed by atoms with van der Waals surface area (Å²) in [6.07, 6.45) is 0.682. The molecular weight excluding hydrogens is 268 g/mol. The predicted molar refractivity (Wildman–Crippen MR) is 73.7 cm³/mol. The Labute approximate surface area is 114 Å². The van der Waals surface area contributed by atoms with Crippen LogP contribution in [0.3, 0.4) is 0 Å². The molecule has 0 amide bonds. The molecule has 2 N–H and O–H groups in total. The number of anilines is 1. The van der Waals surface area contributed by atoms with Gasteiger partial charge in [0.1, 0.15) is 11.4 Å². The lowest BCUT2D eigenvalue weighted by atomic mass is 9.97. The third-order valence-corrected chi connectivity index (χ3v) is 3.12. The van der Waals surface area contributed by atoms with Gasteiger partial charge in [0.15, 0.2) is 0 Å². The van der Waals surface area contributed by atoms with Gasteiger partial charge in [0.05, 0.1) is 18.5 Å². The van der Waals surface area contributed by atoms with E-state index in [1.807, 2.05) is 19.9 Å². The maximum absolute atomic E-state index is 10.9. The quantitative estimate of drug-likeness (QED) is 0.830. The molecule has 1 aliphatic rings. The molecule has 0 aliphatic carbocycles. The van der Waals surface area contributed by atoms with Gasteiger partial charge in [0, 0.05) is 12.0 Å². The Hall–Kier alpha value is -1.60. The van der Waals surface area contributed by atoms with Crippen LogP contribution >= 0.6 is 0 Å². The number of rotatable bonds is 4. The van der Waals surface area contributed by atoms with E-state index in [1.165, 1.54) is 7.11 Å². The number of nitrogens with zero attached hydrogens (tertiary/aromatic N) is 1. The van der Waals surface area contributed by atoms with Crippen LogP contribution in [0.5, 0.6) is 5.75 Å². The lowest BCUT2D eigenvalue weighted by Crippen LogP contribution is -2.19. The van der Waals surface area contributed by atoms with Crippen LogP contribution in [-0.2, 0) is 16.1 Å². The Morgan fingerprint density at radius 2 is 2.26 bits per heavy atom. The van der Waals surface area contributed by atoms with Crippen LogP contribution in [0.25, 0.3) is 0 Å². The van der Waals surface area contributed by atoms with Gasteiger partial charge in [0.25, 0.3) is 11.3 Å². The number of hydrogen-bond donors (Lipinski definition) is 2. The SMILES string of the molecule is COc1ccc(C2=NOC(C)(C)C2)cc1NS(=O)O. The second kappa shape index (κ2) is 5.18. The molecule has 1 aromatic rings. The number of benzene rings is 1. The first-order valence-electron chi connectivity index (χ1n) is 5.72. The molecule has 0 saturated carbocycles. The molecule has 0 bridgehead atoms. The largest absolute Gasteiger partial charge is 0.495 e. The number of oxime groups is 1. The van der Waals surface area contributed by atoms with E-state index in [0.717, 1.165) is 11.3 Å². The molecule has 0 fully saturated rings. The summed E-state index contributed by atoms with van der Waals surface area (Å²) in [4.78, 5) is 5.31. The molecule has 1 aromatic carbocycles. The van der Waals surface area contributed by atoms with Crippen molar-refractivity contribution in [2.45, 2.75) is 25.9 Å². The number of hydrogen-bond acceptors (Lipinski definition) is 4. The van der Waals surface area contributed by atoms with E-state index in [0.29, 0.717) is 17.9 Å². The van der Waals surface area contributed by atoms with Crippen LogP contribution in [0.2, 0.25) is 0 Å². The minimum Gasteiger partial charge on any atom is -0.495 e. The van der Waals surface area contributed by atoms with Crippen LogP contribution in [0.1, 0.15) is 25.8 Å². The van der Waals surface area contributed by atoms with E-state index in [-0.39, 0.29) is 5.60 Å². The van der Waals surface area contributed by atoms with Gasteiger partial charge in [-0.25, -0.2) is 4.21 Å². The van der Waals surface area contributed by atoms with Crippen molar-refractivity contribution < 1.29 is 18.3 Å². The highest BCUT2D eigenvalue weighted by Gasteiger charge is 2.29. The van der Waals surface area contributed by atoms with Crippen LogP contribution in [0.15, 0.2) is 23.4 Å². The first-order chi connectivity index (χ1) is 8.91. The van der Waals surface area contributed by atoms with E-state index in [2.05, 4.69) is 9.88 Å². The summed E-state index contributed by atoms with van der Waals surface area (Å²) in [6, 6.07) is 5.28. The standard InChI is InChI=1S/C12H16N2O4S/c1-12(2)7-10(13-18-12)8-4-5-11(17-3)9(6-8)14-19(15)16/h4-6,14H,7H2,1-3H3,(H,15,16). The van der Waals surface area contributed by atoms with Gasteiger partial charge < -0.3 is 9.57 Å². The van der Waals surface area contributed by atoms with Gasteiger partial charge in [-0.15, -0.1) is 0 Å². The van der Waals surface area contributed by atoms with Gasteiger partial charge in [-0.1, -0.05) is 5.16 Å². The van der Waals surface area contributed by atoms with Crippen molar-refractivity contribution in [1.82, 2.24) is 0 Å². The lowest BCUT2D eigenvalue weighted by molar-refractivity contribution is 0.0123. The first-order valence-corrected chi connectivity index (χ1v) is 6.83. The van der Waals surface area contributed by atoms with Gasteiger partial charge in [-0.2, -0.15) is 0 Å². The highest BCUT2D eigenvalue weighted by Crippen LogP contribution is 2.30. The molecule has 104 valence electrons. The Balaban J connectivity index is 2.31. The van der Waals surface area contributed by atoms with Crippen LogP contribution < -0.4 is 9.46 Å². The van der Waals surface area contributed by atoms with Gasteiger partial charge >= 0.3 is 0 Å². The molecule has 0 aromatic heterocycles. The zero-order valence-corrected chi connectivity index (χ0v) is 11.8. The molecule has 6 nitrogen and oxygen atoms in total. The Morgan fingerprint density at radius 3 is 2.79 bits per heavy atom. The molecule has 0 radical (unpaired) electrons. The van der Waals surface area contributed by atoms with Gasteiger partial charge in [-0.05, 0) is 32.0 Å². The molecule has 7 heteroatoms. The Morgan fingerprint density at radius 1 is 1.53 bits per heavy atom. The fourth-order valence-corrected chi connectivity index (χ4v) is 2.21. The van der Waals surface area contributed by atoms with E-state index in [4.69, 9.17) is 14.1 Å². The Bertz CT molecular complexity index is 543. The van der Waals surface area contributed by atoms with Crippen molar-refractivity contribution in [3.05, 3.63) is 23.8 Å². The molecule has 0 spiro atoms. The fraction of sp³-hybridized carbons (Fsp3) is 0.417. The zero-order valence-electron chi connectivity index (χ0n) is 11.0. The molecule has 0 saturated heterocycles. The minimum absolute atomic E-state index is 0.317. The molecule has 1 unspecified atom stereocenters. The summed E-state index contributed by atoms with van der Waals surface area (Å²) in [6.45, 7) is 3.91. The highest BCUT2D eigenvalue weighted by atomic mass is 32.2. The average molecular weight is 284 g/mol. The van der Waals surface area contributed by atoms with Gasteiger partial charge in [-0.3, -0.25) is 9.27 Å². The van der Waals surface area contributed by atoms with E-state index < -0.39 is 11.3 Å². The van der Waals surface area contributed by atoms with Crippen molar-refractivity contribution in [3.8, 4) is 5.75 Å². The molecule has 1 atom stereocenters. The average Bonchev–Trinajstić information content (AvgIpc) is 2.69. The molecule has 1 heterocycles. The highest BCUT2D eigenvalue weighted by molar-refractivity contribution is 7.80. The van der Waals surface area contributed by atoms with Crippen LogP contribution in [0.4, 0.5) is 5.69 Å². The molecular formula is C12H16N2O4S. The van der Waals surface area contributed by atoms with Crippen LogP contribution in [0, 0.1) is 0 Å². The van der Waals surface area contributed by atoms with Gasteiger partial charge in [0.2, 0.25) is 0 Å². The number of methoxy groups -OCH3 is 1. The second-order valence-electron chi connectivity index (χ2n) is 4.83. The third kappa shape index (κ3) is 3.24. The molecule has 2 rings (SSSR count). The number of nitrogens with one attached hydrogen (secondary N) is 1. The monoisotopic (exact) mass is 284 g/mol. The summed E-state index contributed by atoms with van der Waals surface area (Å²) in [7, 11) is 1.50. The summed E-state index contributed by atoms with van der Waals surface area (Å²) in [5.74, 6) is 0.491. The molecule has 19 heavy (non-hydrogen) atoms. The maximum atomic E-state index is 10.9.